The molecule has 1 aliphatic carbocycles. The number of benzene rings is 2. The van der Waals surface area contributed by atoms with Gasteiger partial charge in [0.05, 0.1) is 10.5 Å². The lowest BCUT2D eigenvalue weighted by Crippen LogP contribution is -2.13. The second kappa shape index (κ2) is 2.45. The maximum Gasteiger partial charge on any atom is 0.177 e. The van der Waals surface area contributed by atoms with Gasteiger partial charge >= 0.3 is 0 Å². The van der Waals surface area contributed by atoms with Crippen LogP contribution in [0.5, 0.6) is 0 Å². The van der Waals surface area contributed by atoms with E-state index in [1.807, 2.05) is 12.1 Å². The average Bonchev–Trinajstić information content (AvgIpc) is 3.06. The molecule has 15 heavy (non-hydrogen) atoms. The van der Waals surface area contributed by atoms with E-state index in [-0.39, 0.29) is 5.25 Å². The Hall–Kier alpha value is -1.28. The highest BCUT2D eigenvalue weighted by Crippen LogP contribution is 2.60. The molecule has 1 fully saturated rings. The molecule has 1 saturated heterocycles. The van der Waals surface area contributed by atoms with Crippen LogP contribution >= 0.6 is 11.8 Å². The Balaban J connectivity index is 2.24. The van der Waals surface area contributed by atoms with Gasteiger partial charge in [-0.25, -0.2) is 0 Å². The quantitative estimate of drug-likeness (QED) is 0.624. The molecule has 2 aromatic rings. The smallest absolute Gasteiger partial charge is 0.177 e. The lowest BCUT2D eigenvalue weighted by Gasteiger charge is -2.13. The third-order valence-electron chi connectivity index (χ3n) is 3.26. The lowest BCUT2D eigenvalue weighted by atomic mass is 9.88. The first-order chi connectivity index (χ1) is 7.36. The summed E-state index contributed by atoms with van der Waals surface area (Å²) in [5, 5.41) is 3.04. The molecule has 4 rings (SSSR count). The van der Waals surface area contributed by atoms with Gasteiger partial charge < -0.3 is 0 Å². The molecule has 0 radical (unpaired) electrons. The van der Waals surface area contributed by atoms with Crippen molar-refractivity contribution in [3.8, 4) is 0 Å². The van der Waals surface area contributed by atoms with Crippen molar-refractivity contribution in [2.24, 2.45) is 0 Å². The van der Waals surface area contributed by atoms with Crippen molar-refractivity contribution in [3.05, 3.63) is 47.5 Å². The van der Waals surface area contributed by atoms with E-state index in [2.05, 4.69) is 24.3 Å². The second-order valence-corrected chi connectivity index (χ2v) is 5.38. The third-order valence-corrected chi connectivity index (χ3v) is 4.54. The zero-order valence-corrected chi connectivity index (χ0v) is 8.75. The molecule has 2 aromatic carbocycles. The molecule has 2 aliphatic rings. The minimum Gasteiger partial charge on any atom is -0.293 e. The second-order valence-electron chi connectivity index (χ2n) is 4.09. The summed E-state index contributed by atoms with van der Waals surface area (Å²) < 4.78 is 0. The molecule has 72 valence electrons. The van der Waals surface area contributed by atoms with Gasteiger partial charge in [-0.15, -0.1) is 11.8 Å². The summed E-state index contributed by atoms with van der Waals surface area (Å²) in [6.45, 7) is 0. The zero-order chi connectivity index (χ0) is 9.99. The monoisotopic (exact) mass is 212 g/mol. The summed E-state index contributed by atoms with van der Waals surface area (Å²) in [6.07, 6.45) is 0. The summed E-state index contributed by atoms with van der Waals surface area (Å²) in [7, 11) is 0. The van der Waals surface area contributed by atoms with Crippen molar-refractivity contribution in [1.82, 2.24) is 0 Å². The fourth-order valence-corrected chi connectivity index (χ4v) is 3.60. The van der Waals surface area contributed by atoms with Crippen molar-refractivity contribution in [2.45, 2.75) is 10.5 Å². The first-order valence-electron chi connectivity index (χ1n) is 5.07. The van der Waals surface area contributed by atoms with Gasteiger partial charge in [0.15, 0.2) is 5.78 Å². The minimum absolute atomic E-state index is 0.213. The fraction of sp³-hybridized carbons (Fsp3) is 0.154. The van der Waals surface area contributed by atoms with Crippen LogP contribution in [-0.2, 0) is 0 Å². The van der Waals surface area contributed by atoms with Crippen LogP contribution in [-0.4, -0.2) is 11.0 Å². The summed E-state index contributed by atoms with van der Waals surface area (Å²) in [5.74, 6) is 0.328. The first kappa shape index (κ1) is 7.94. The molecule has 0 saturated carbocycles. The average molecular weight is 212 g/mol. The molecule has 2 unspecified atom stereocenters. The summed E-state index contributed by atoms with van der Waals surface area (Å²) in [6, 6.07) is 12.4. The van der Waals surface area contributed by atoms with E-state index in [9.17, 15) is 4.79 Å². The Labute approximate surface area is 91.5 Å². The topological polar surface area (TPSA) is 17.1 Å². The van der Waals surface area contributed by atoms with Crippen LogP contribution in [0.4, 0.5) is 0 Å². The Kier molecular flexibility index (Phi) is 1.30. The molecule has 0 N–H and O–H groups in total. The van der Waals surface area contributed by atoms with E-state index in [1.165, 1.54) is 16.3 Å². The lowest BCUT2D eigenvalue weighted by molar-refractivity contribution is 0.0997. The minimum atomic E-state index is 0.213. The van der Waals surface area contributed by atoms with E-state index in [0.717, 1.165) is 5.56 Å². The molecule has 1 nitrogen and oxygen atoms in total. The summed E-state index contributed by atoms with van der Waals surface area (Å²) >= 11 is 1.79. The van der Waals surface area contributed by atoms with Gasteiger partial charge in [-0.2, -0.15) is 0 Å². The molecule has 1 aliphatic heterocycles. The van der Waals surface area contributed by atoms with Crippen molar-refractivity contribution in [3.63, 3.8) is 0 Å². The van der Waals surface area contributed by atoms with Crippen molar-refractivity contribution in [2.75, 3.05) is 0 Å². The number of fused-ring (bicyclic) bond motifs is 2. The predicted molar refractivity (Wildman–Crippen MR) is 62.4 cm³/mol. The van der Waals surface area contributed by atoms with Crippen LogP contribution in [0.25, 0.3) is 10.8 Å². The number of thioether (sulfide) groups is 1. The number of rotatable bonds is 0. The normalized spacial score (nSPS) is 26.5. The van der Waals surface area contributed by atoms with E-state index in [4.69, 9.17) is 0 Å². The van der Waals surface area contributed by atoms with Crippen molar-refractivity contribution in [1.29, 1.82) is 0 Å². The van der Waals surface area contributed by atoms with Crippen LogP contribution in [0, 0.1) is 0 Å². The molecule has 0 amide bonds. The van der Waals surface area contributed by atoms with Crippen LogP contribution in [0.1, 0.15) is 21.2 Å². The molecule has 1 heterocycles. The maximum atomic E-state index is 12.0. The largest absolute Gasteiger partial charge is 0.293 e. The SMILES string of the molecule is O=C1c2cccc3cccc(c23)C2SC12. The molecule has 2 atom stereocenters. The van der Waals surface area contributed by atoms with Gasteiger partial charge in [0, 0.05) is 5.56 Å². The van der Waals surface area contributed by atoms with Crippen molar-refractivity contribution >= 4 is 28.3 Å². The Morgan fingerprint density at radius 1 is 1.00 bits per heavy atom. The van der Waals surface area contributed by atoms with Gasteiger partial charge in [-0.3, -0.25) is 4.79 Å². The van der Waals surface area contributed by atoms with Crippen LogP contribution < -0.4 is 0 Å². The Bertz CT molecular complexity index is 597. The molecule has 2 heteroatoms. The first-order valence-corrected chi connectivity index (χ1v) is 6.02. The van der Waals surface area contributed by atoms with E-state index in [0.29, 0.717) is 11.0 Å². The zero-order valence-electron chi connectivity index (χ0n) is 7.94. The molecule has 0 aromatic heterocycles. The van der Waals surface area contributed by atoms with Gasteiger partial charge in [0.2, 0.25) is 0 Å². The van der Waals surface area contributed by atoms with Gasteiger partial charge in [0.25, 0.3) is 0 Å². The van der Waals surface area contributed by atoms with Crippen LogP contribution in [0.3, 0.4) is 0 Å². The van der Waals surface area contributed by atoms with E-state index < -0.39 is 0 Å². The maximum absolute atomic E-state index is 12.0. The van der Waals surface area contributed by atoms with Crippen molar-refractivity contribution < 1.29 is 4.79 Å². The molecule has 0 spiro atoms. The summed E-state index contributed by atoms with van der Waals surface area (Å²) in [4.78, 5) is 12.0. The number of hydrogen-bond acceptors (Lipinski definition) is 2. The van der Waals surface area contributed by atoms with Gasteiger partial charge in [-0.1, -0.05) is 36.4 Å². The number of carbonyl (C=O) groups is 1. The molecular formula is C13H8OS. The Morgan fingerprint density at radius 2 is 1.80 bits per heavy atom. The highest BCUT2D eigenvalue weighted by Gasteiger charge is 2.49. The summed E-state index contributed by atoms with van der Waals surface area (Å²) in [5.41, 5.74) is 2.28. The standard InChI is InChI=1S/C13H8OS/c14-11-8-5-1-3-7-4-2-6-9(10(7)8)12-13(11)15-12/h1-6,12-13H. The van der Waals surface area contributed by atoms with Gasteiger partial charge in [0.1, 0.15) is 0 Å². The fourth-order valence-electron chi connectivity index (χ4n) is 2.51. The number of ketones is 1. The van der Waals surface area contributed by atoms with Crippen LogP contribution in [0.15, 0.2) is 36.4 Å². The van der Waals surface area contributed by atoms with Crippen LogP contribution in [0.2, 0.25) is 0 Å². The highest BCUT2D eigenvalue weighted by atomic mass is 32.2. The molecular weight excluding hydrogens is 204 g/mol. The Morgan fingerprint density at radius 3 is 2.67 bits per heavy atom. The number of carbonyl (C=O) groups excluding carboxylic acids is 1. The number of Topliss-reactive ketones (excluding diaryl/α,β-unsaturated/α-hetero) is 1. The number of hydrogen-bond donors (Lipinski definition) is 0. The van der Waals surface area contributed by atoms with E-state index in [1.54, 1.807) is 11.8 Å². The highest BCUT2D eigenvalue weighted by molar-refractivity contribution is 8.08. The van der Waals surface area contributed by atoms with E-state index >= 15 is 0 Å². The third kappa shape index (κ3) is 0.882. The molecule has 0 bridgehead atoms. The van der Waals surface area contributed by atoms with Gasteiger partial charge in [-0.05, 0) is 16.3 Å². The predicted octanol–water partition coefficient (Wildman–Crippen LogP) is 3.19.